The number of nitrogens with zero attached hydrogens (tertiary/aromatic N) is 1. The lowest BCUT2D eigenvalue weighted by molar-refractivity contribution is 0.340. The molecule has 0 fully saturated rings. The third kappa shape index (κ3) is 3.13. The Labute approximate surface area is 123 Å². The summed E-state index contributed by atoms with van der Waals surface area (Å²) in [4.78, 5) is -0.531. The summed E-state index contributed by atoms with van der Waals surface area (Å²) in [6.45, 7) is 5.47. The van der Waals surface area contributed by atoms with E-state index in [1.54, 1.807) is 13.8 Å². The van der Waals surface area contributed by atoms with Crippen LogP contribution in [-0.2, 0) is 15.9 Å². The summed E-state index contributed by atoms with van der Waals surface area (Å²) in [6, 6.07) is 1.60. The van der Waals surface area contributed by atoms with E-state index < -0.39 is 38.0 Å². The van der Waals surface area contributed by atoms with Crippen molar-refractivity contribution in [3.8, 4) is 0 Å². The first-order valence-corrected chi connectivity index (χ1v) is 8.33. The molecule has 0 spiro atoms. The predicted octanol–water partition coefficient (Wildman–Crippen LogP) is 3.51. The van der Waals surface area contributed by atoms with Gasteiger partial charge in [0.2, 0.25) is 10.0 Å². The summed E-state index contributed by atoms with van der Waals surface area (Å²) < 4.78 is 53.7. The molecule has 1 rings (SSSR count). The van der Waals surface area contributed by atoms with Crippen molar-refractivity contribution >= 4 is 21.6 Å². The van der Waals surface area contributed by atoms with Crippen LogP contribution in [0.15, 0.2) is 17.0 Å². The second-order valence-corrected chi connectivity index (χ2v) is 6.56. The van der Waals surface area contributed by atoms with Gasteiger partial charge >= 0.3 is 0 Å². The van der Waals surface area contributed by atoms with E-state index in [9.17, 15) is 17.2 Å². The topological polar surface area (TPSA) is 37.4 Å². The van der Waals surface area contributed by atoms with Crippen molar-refractivity contribution in [2.24, 2.45) is 0 Å². The van der Waals surface area contributed by atoms with Crippen molar-refractivity contribution in [1.82, 2.24) is 4.31 Å². The molecule has 0 saturated heterocycles. The van der Waals surface area contributed by atoms with Crippen LogP contribution in [0.4, 0.5) is 8.78 Å². The van der Waals surface area contributed by atoms with Crippen LogP contribution in [0.3, 0.4) is 0 Å². The second-order valence-electron chi connectivity index (χ2n) is 4.44. The van der Waals surface area contributed by atoms with E-state index >= 15 is 0 Å². The zero-order valence-corrected chi connectivity index (χ0v) is 13.2. The highest BCUT2D eigenvalue weighted by Crippen LogP contribution is 2.26. The van der Waals surface area contributed by atoms with Crippen molar-refractivity contribution in [3.05, 3.63) is 29.3 Å². The molecular formula is C13H18ClF2NO2S. The number of hydrogen-bond acceptors (Lipinski definition) is 2. The van der Waals surface area contributed by atoms with Crippen molar-refractivity contribution < 1.29 is 17.2 Å². The van der Waals surface area contributed by atoms with Crippen LogP contribution in [0.1, 0.15) is 32.8 Å². The Hall–Kier alpha value is -0.720. The van der Waals surface area contributed by atoms with Gasteiger partial charge < -0.3 is 0 Å². The minimum atomic E-state index is -4.01. The normalized spacial score (nSPS) is 13.8. The molecule has 3 nitrogen and oxygen atoms in total. The van der Waals surface area contributed by atoms with Gasteiger partial charge in [0.1, 0.15) is 10.7 Å². The van der Waals surface area contributed by atoms with Gasteiger partial charge in [-0.15, -0.1) is 11.6 Å². The van der Waals surface area contributed by atoms with Crippen molar-refractivity contribution in [1.29, 1.82) is 0 Å². The van der Waals surface area contributed by atoms with Crippen LogP contribution in [0.2, 0.25) is 0 Å². The van der Waals surface area contributed by atoms with Crippen LogP contribution in [0.25, 0.3) is 0 Å². The van der Waals surface area contributed by atoms with E-state index in [-0.39, 0.29) is 12.6 Å². The first-order valence-electron chi connectivity index (χ1n) is 6.35. The van der Waals surface area contributed by atoms with Gasteiger partial charge in [0, 0.05) is 18.2 Å². The summed E-state index contributed by atoms with van der Waals surface area (Å²) in [5.41, 5.74) is -0.423. The maximum atomic E-state index is 14.2. The Kier molecular flexibility index (Phi) is 5.91. The van der Waals surface area contributed by atoms with Crippen molar-refractivity contribution in [2.45, 2.75) is 44.0 Å². The van der Waals surface area contributed by atoms with Crippen LogP contribution in [0, 0.1) is 11.6 Å². The molecule has 7 heteroatoms. The Morgan fingerprint density at radius 2 is 1.90 bits per heavy atom. The van der Waals surface area contributed by atoms with E-state index in [0.717, 1.165) is 12.1 Å². The fourth-order valence-corrected chi connectivity index (χ4v) is 4.00. The molecule has 20 heavy (non-hydrogen) atoms. The fourth-order valence-electron chi connectivity index (χ4n) is 1.95. The molecule has 114 valence electrons. The first kappa shape index (κ1) is 17.3. The maximum Gasteiger partial charge on any atom is 0.246 e. The zero-order chi connectivity index (χ0) is 15.5. The molecule has 1 aromatic rings. The minimum Gasteiger partial charge on any atom is -0.207 e. The van der Waals surface area contributed by atoms with Crippen LogP contribution in [-0.4, -0.2) is 25.3 Å². The molecule has 0 N–H and O–H groups in total. The average molecular weight is 326 g/mol. The zero-order valence-electron chi connectivity index (χ0n) is 11.7. The summed E-state index contributed by atoms with van der Waals surface area (Å²) >= 11 is 5.47. The number of hydrogen-bond donors (Lipinski definition) is 0. The lowest BCUT2D eigenvalue weighted by atomic mass is 10.2. The number of alkyl halides is 1. The summed E-state index contributed by atoms with van der Waals surface area (Å²) in [7, 11) is -4.01. The third-order valence-corrected chi connectivity index (χ3v) is 5.64. The van der Waals surface area contributed by atoms with Crippen LogP contribution in [0.5, 0.6) is 0 Å². The summed E-state index contributed by atoms with van der Waals surface area (Å²) in [6.07, 6.45) is 0.595. The van der Waals surface area contributed by atoms with Gasteiger partial charge in [0.05, 0.1) is 5.88 Å². The number of halogens is 3. The lowest BCUT2D eigenvalue weighted by Gasteiger charge is -2.26. The average Bonchev–Trinajstić information content (AvgIpc) is 2.39. The Morgan fingerprint density at radius 3 is 2.35 bits per heavy atom. The monoisotopic (exact) mass is 325 g/mol. The predicted molar refractivity (Wildman–Crippen MR) is 75.2 cm³/mol. The standard InChI is InChI=1S/C13H18ClF2NO2S/c1-4-9(3)17(5-2)20(18,19)12-7-6-11(15)10(8-14)13(12)16/h6-7,9H,4-5,8H2,1-3H3. The molecule has 0 radical (unpaired) electrons. The van der Waals surface area contributed by atoms with E-state index in [1.807, 2.05) is 6.92 Å². The van der Waals surface area contributed by atoms with E-state index in [2.05, 4.69) is 0 Å². The molecule has 0 aliphatic carbocycles. The van der Waals surface area contributed by atoms with Gasteiger partial charge in [-0.25, -0.2) is 17.2 Å². The Bertz CT molecular complexity index is 578. The van der Waals surface area contributed by atoms with E-state index in [0.29, 0.717) is 6.42 Å². The van der Waals surface area contributed by atoms with Gasteiger partial charge in [-0.1, -0.05) is 13.8 Å². The fraction of sp³-hybridized carbons (Fsp3) is 0.538. The van der Waals surface area contributed by atoms with Crippen molar-refractivity contribution in [2.75, 3.05) is 6.54 Å². The molecule has 0 bridgehead atoms. The maximum absolute atomic E-state index is 14.2. The molecular weight excluding hydrogens is 308 g/mol. The third-order valence-electron chi connectivity index (χ3n) is 3.26. The van der Waals surface area contributed by atoms with Crippen LogP contribution < -0.4 is 0 Å². The molecule has 0 saturated carbocycles. The molecule has 0 aliphatic rings. The quantitative estimate of drug-likeness (QED) is 0.751. The number of benzene rings is 1. The van der Waals surface area contributed by atoms with Crippen molar-refractivity contribution in [3.63, 3.8) is 0 Å². The highest BCUT2D eigenvalue weighted by molar-refractivity contribution is 7.89. The largest absolute Gasteiger partial charge is 0.246 e. The number of rotatable bonds is 6. The molecule has 0 heterocycles. The van der Waals surface area contributed by atoms with Gasteiger partial charge in [-0.3, -0.25) is 0 Å². The minimum absolute atomic E-state index is 0.213. The van der Waals surface area contributed by atoms with Gasteiger partial charge in [0.25, 0.3) is 0 Å². The Morgan fingerprint density at radius 1 is 1.30 bits per heavy atom. The summed E-state index contributed by atoms with van der Waals surface area (Å²) in [5.74, 6) is -2.37. The molecule has 1 aromatic carbocycles. The van der Waals surface area contributed by atoms with E-state index in [1.165, 1.54) is 4.31 Å². The smallest absolute Gasteiger partial charge is 0.207 e. The molecule has 1 unspecified atom stereocenters. The first-order chi connectivity index (χ1) is 9.31. The van der Waals surface area contributed by atoms with E-state index in [4.69, 9.17) is 11.6 Å². The number of sulfonamides is 1. The van der Waals surface area contributed by atoms with Gasteiger partial charge in [-0.05, 0) is 25.5 Å². The summed E-state index contributed by atoms with van der Waals surface area (Å²) in [5, 5.41) is 0. The highest BCUT2D eigenvalue weighted by Gasteiger charge is 2.31. The SMILES string of the molecule is CCC(C)N(CC)S(=O)(=O)c1ccc(F)c(CCl)c1F. The lowest BCUT2D eigenvalue weighted by Crippen LogP contribution is -2.38. The highest BCUT2D eigenvalue weighted by atomic mass is 35.5. The Balaban J connectivity index is 3.43. The van der Waals surface area contributed by atoms with Gasteiger partial charge in [-0.2, -0.15) is 4.31 Å². The molecule has 0 aliphatic heterocycles. The van der Waals surface area contributed by atoms with Gasteiger partial charge in [0.15, 0.2) is 5.82 Å². The molecule has 0 aromatic heterocycles. The second kappa shape index (κ2) is 6.83. The molecule has 1 atom stereocenters. The van der Waals surface area contributed by atoms with Crippen LogP contribution >= 0.6 is 11.6 Å². The molecule has 0 amide bonds.